The fraction of sp³-hybridized carbons (Fsp3) is 0.211. The molecule has 0 atom stereocenters. The first-order chi connectivity index (χ1) is 11.2. The topological polar surface area (TPSA) is 47.6 Å². The molecule has 0 radical (unpaired) electrons. The third-order valence-corrected chi connectivity index (χ3v) is 3.59. The SMILES string of the molecule is CC(=CC(=O)Nc1ccc2c(c1)OCCCO2)c1ccccc1. The van der Waals surface area contributed by atoms with E-state index in [4.69, 9.17) is 9.47 Å². The van der Waals surface area contributed by atoms with Gasteiger partial charge in [-0.2, -0.15) is 0 Å². The van der Waals surface area contributed by atoms with Gasteiger partial charge in [-0.3, -0.25) is 4.79 Å². The maximum atomic E-state index is 12.2. The van der Waals surface area contributed by atoms with Crippen molar-refractivity contribution in [2.24, 2.45) is 0 Å². The number of benzene rings is 2. The van der Waals surface area contributed by atoms with Crippen LogP contribution in [-0.4, -0.2) is 19.1 Å². The second-order valence-electron chi connectivity index (χ2n) is 5.39. The zero-order chi connectivity index (χ0) is 16.1. The maximum absolute atomic E-state index is 12.2. The maximum Gasteiger partial charge on any atom is 0.248 e. The van der Waals surface area contributed by atoms with Crippen molar-refractivity contribution in [1.82, 2.24) is 0 Å². The first-order valence-corrected chi connectivity index (χ1v) is 7.67. The van der Waals surface area contributed by atoms with E-state index in [0.717, 1.165) is 23.3 Å². The van der Waals surface area contributed by atoms with E-state index in [2.05, 4.69) is 5.32 Å². The van der Waals surface area contributed by atoms with Crippen molar-refractivity contribution in [3.63, 3.8) is 0 Å². The molecule has 1 amide bonds. The lowest BCUT2D eigenvalue weighted by Gasteiger charge is -2.10. The predicted octanol–water partition coefficient (Wildman–Crippen LogP) is 3.89. The van der Waals surface area contributed by atoms with Crippen LogP contribution < -0.4 is 14.8 Å². The summed E-state index contributed by atoms with van der Waals surface area (Å²) in [6, 6.07) is 15.3. The average molecular weight is 309 g/mol. The minimum Gasteiger partial charge on any atom is -0.490 e. The smallest absolute Gasteiger partial charge is 0.248 e. The Morgan fingerprint density at radius 1 is 1.04 bits per heavy atom. The molecular formula is C19H19NO3. The molecule has 3 rings (SSSR count). The zero-order valence-electron chi connectivity index (χ0n) is 13.0. The largest absolute Gasteiger partial charge is 0.490 e. The van der Waals surface area contributed by atoms with Crippen molar-refractivity contribution >= 4 is 17.2 Å². The number of hydrogen-bond acceptors (Lipinski definition) is 3. The number of carbonyl (C=O) groups is 1. The molecule has 0 aliphatic carbocycles. The number of hydrogen-bond donors (Lipinski definition) is 1. The molecule has 2 aromatic rings. The molecule has 4 heteroatoms. The van der Waals surface area contributed by atoms with Crippen LogP contribution in [0.3, 0.4) is 0 Å². The van der Waals surface area contributed by atoms with Crippen LogP contribution in [0.25, 0.3) is 5.57 Å². The van der Waals surface area contributed by atoms with Gasteiger partial charge >= 0.3 is 0 Å². The number of carbonyl (C=O) groups excluding carboxylic acids is 1. The number of rotatable bonds is 3. The van der Waals surface area contributed by atoms with Crippen LogP contribution in [0.2, 0.25) is 0 Å². The highest BCUT2D eigenvalue weighted by molar-refractivity contribution is 6.03. The second kappa shape index (κ2) is 7.01. The third-order valence-electron chi connectivity index (χ3n) is 3.59. The minimum atomic E-state index is -0.166. The van der Waals surface area contributed by atoms with Gasteiger partial charge in [0.1, 0.15) is 0 Å². The van der Waals surface area contributed by atoms with Crippen LogP contribution in [0.15, 0.2) is 54.6 Å². The Morgan fingerprint density at radius 3 is 2.57 bits per heavy atom. The number of allylic oxidation sites excluding steroid dienone is 1. The summed E-state index contributed by atoms with van der Waals surface area (Å²) in [6.45, 7) is 3.19. The molecule has 0 spiro atoms. The summed E-state index contributed by atoms with van der Waals surface area (Å²) in [4.78, 5) is 12.2. The second-order valence-corrected chi connectivity index (χ2v) is 5.39. The van der Waals surface area contributed by atoms with Crippen molar-refractivity contribution in [3.05, 3.63) is 60.2 Å². The van der Waals surface area contributed by atoms with Crippen molar-refractivity contribution in [2.45, 2.75) is 13.3 Å². The molecule has 0 bridgehead atoms. The van der Waals surface area contributed by atoms with Gasteiger partial charge in [0.2, 0.25) is 5.91 Å². The van der Waals surface area contributed by atoms with E-state index in [-0.39, 0.29) is 5.91 Å². The van der Waals surface area contributed by atoms with E-state index in [9.17, 15) is 4.79 Å². The standard InChI is InChI=1S/C19H19NO3/c1-14(15-6-3-2-4-7-15)12-19(21)20-16-8-9-17-18(13-16)23-11-5-10-22-17/h2-4,6-9,12-13H,5,10-11H2,1H3,(H,20,21). The van der Waals surface area contributed by atoms with Crippen LogP contribution in [-0.2, 0) is 4.79 Å². The molecule has 1 aliphatic heterocycles. The van der Waals surface area contributed by atoms with E-state index < -0.39 is 0 Å². The van der Waals surface area contributed by atoms with Gasteiger partial charge in [0, 0.05) is 24.3 Å². The normalized spacial score (nSPS) is 14.0. The fourth-order valence-corrected chi connectivity index (χ4v) is 2.40. The quantitative estimate of drug-likeness (QED) is 0.875. The Bertz CT molecular complexity index is 723. The highest BCUT2D eigenvalue weighted by Crippen LogP contribution is 2.32. The fourth-order valence-electron chi connectivity index (χ4n) is 2.40. The Labute approximate surface area is 135 Å². The summed E-state index contributed by atoms with van der Waals surface area (Å²) in [6.07, 6.45) is 2.45. The molecule has 1 heterocycles. The van der Waals surface area contributed by atoms with Crippen LogP contribution in [0.4, 0.5) is 5.69 Å². The van der Waals surface area contributed by atoms with Gasteiger partial charge < -0.3 is 14.8 Å². The number of ether oxygens (including phenoxy) is 2. The lowest BCUT2D eigenvalue weighted by molar-refractivity contribution is -0.111. The molecule has 118 valence electrons. The molecule has 0 aromatic heterocycles. The van der Waals surface area contributed by atoms with E-state index >= 15 is 0 Å². The summed E-state index contributed by atoms with van der Waals surface area (Å²) in [5.41, 5.74) is 2.63. The summed E-state index contributed by atoms with van der Waals surface area (Å²) in [7, 11) is 0. The number of nitrogens with one attached hydrogen (secondary N) is 1. The molecule has 4 nitrogen and oxygen atoms in total. The summed E-state index contributed by atoms with van der Waals surface area (Å²) in [5.74, 6) is 1.22. The van der Waals surface area contributed by atoms with Crippen LogP contribution in [0.5, 0.6) is 11.5 Å². The zero-order valence-corrected chi connectivity index (χ0v) is 13.0. The molecule has 0 unspecified atom stereocenters. The van der Waals surface area contributed by atoms with E-state index in [0.29, 0.717) is 24.7 Å². The van der Waals surface area contributed by atoms with Gasteiger partial charge in [-0.05, 0) is 30.2 Å². The van der Waals surface area contributed by atoms with Crippen molar-refractivity contribution in [2.75, 3.05) is 18.5 Å². The highest BCUT2D eigenvalue weighted by atomic mass is 16.5. The van der Waals surface area contributed by atoms with E-state index in [1.807, 2.05) is 49.4 Å². The summed E-state index contributed by atoms with van der Waals surface area (Å²) >= 11 is 0. The van der Waals surface area contributed by atoms with E-state index in [1.54, 1.807) is 12.1 Å². The van der Waals surface area contributed by atoms with Crippen LogP contribution >= 0.6 is 0 Å². The van der Waals surface area contributed by atoms with Crippen molar-refractivity contribution < 1.29 is 14.3 Å². The van der Waals surface area contributed by atoms with Gasteiger partial charge in [0.15, 0.2) is 11.5 Å². The summed E-state index contributed by atoms with van der Waals surface area (Å²) < 4.78 is 11.2. The van der Waals surface area contributed by atoms with Gasteiger partial charge in [0.05, 0.1) is 13.2 Å². The molecule has 23 heavy (non-hydrogen) atoms. The van der Waals surface area contributed by atoms with Gasteiger partial charge in [-0.1, -0.05) is 30.3 Å². The Kier molecular flexibility index (Phi) is 4.62. The van der Waals surface area contributed by atoms with Crippen LogP contribution in [0.1, 0.15) is 18.9 Å². The Hall–Kier alpha value is -2.75. The summed E-state index contributed by atoms with van der Waals surface area (Å²) in [5, 5.41) is 2.86. The first-order valence-electron chi connectivity index (χ1n) is 7.67. The van der Waals surface area contributed by atoms with Gasteiger partial charge in [0.25, 0.3) is 0 Å². The molecule has 1 N–H and O–H groups in total. The van der Waals surface area contributed by atoms with Crippen LogP contribution in [0, 0.1) is 0 Å². The molecule has 0 saturated heterocycles. The first kappa shape index (κ1) is 15.2. The molecule has 0 saturated carbocycles. The number of anilines is 1. The van der Waals surface area contributed by atoms with Gasteiger partial charge in [-0.25, -0.2) is 0 Å². The molecule has 1 aliphatic rings. The molecule has 2 aromatic carbocycles. The van der Waals surface area contributed by atoms with Gasteiger partial charge in [-0.15, -0.1) is 0 Å². The predicted molar refractivity (Wildman–Crippen MR) is 90.8 cm³/mol. The number of amides is 1. The minimum absolute atomic E-state index is 0.166. The average Bonchev–Trinajstić information content (AvgIpc) is 2.80. The van der Waals surface area contributed by atoms with Crippen molar-refractivity contribution in [3.8, 4) is 11.5 Å². The highest BCUT2D eigenvalue weighted by Gasteiger charge is 2.11. The Morgan fingerprint density at radius 2 is 1.78 bits per heavy atom. The lowest BCUT2D eigenvalue weighted by atomic mass is 10.1. The lowest BCUT2D eigenvalue weighted by Crippen LogP contribution is -2.08. The third kappa shape index (κ3) is 3.92. The van der Waals surface area contributed by atoms with Crippen molar-refractivity contribution in [1.29, 1.82) is 0 Å². The molecular weight excluding hydrogens is 290 g/mol. The molecule has 0 fully saturated rings. The number of fused-ring (bicyclic) bond motifs is 1. The van der Waals surface area contributed by atoms with E-state index in [1.165, 1.54) is 0 Å². The monoisotopic (exact) mass is 309 g/mol. The Balaban J connectivity index is 1.72.